The molecule has 23 heavy (non-hydrogen) atoms. The molecule has 0 atom stereocenters. The molecule has 3 rings (SSSR count). The Morgan fingerprint density at radius 2 is 1.87 bits per heavy atom. The number of nitrogens with zero attached hydrogens (tertiary/aromatic N) is 5. The van der Waals surface area contributed by atoms with Gasteiger partial charge in [-0.1, -0.05) is 0 Å². The summed E-state index contributed by atoms with van der Waals surface area (Å²) in [7, 11) is 1.90. The standard InChI is InChI=1S/C17H18FN5/c1-3-23(12-13-10-19-22(2)11-13)17-9-8-16(20-21-17)14-4-6-15(18)7-5-14/h4-11H,3,12H2,1-2H3. The molecule has 0 unspecified atom stereocenters. The number of aromatic nitrogens is 4. The van der Waals surface area contributed by atoms with Gasteiger partial charge in [-0.3, -0.25) is 4.68 Å². The fraction of sp³-hybridized carbons (Fsp3) is 0.235. The third kappa shape index (κ3) is 3.53. The van der Waals surface area contributed by atoms with Gasteiger partial charge >= 0.3 is 0 Å². The van der Waals surface area contributed by atoms with Crippen LogP contribution in [0.5, 0.6) is 0 Å². The highest BCUT2D eigenvalue weighted by molar-refractivity contribution is 5.59. The fourth-order valence-corrected chi connectivity index (χ4v) is 2.40. The number of hydrogen-bond acceptors (Lipinski definition) is 4. The molecule has 0 saturated carbocycles. The highest BCUT2D eigenvalue weighted by Gasteiger charge is 2.09. The second kappa shape index (κ2) is 6.56. The van der Waals surface area contributed by atoms with Crippen molar-refractivity contribution in [1.29, 1.82) is 0 Å². The lowest BCUT2D eigenvalue weighted by molar-refractivity contribution is 0.628. The van der Waals surface area contributed by atoms with Crippen LogP contribution in [-0.4, -0.2) is 26.5 Å². The molecule has 6 heteroatoms. The maximum Gasteiger partial charge on any atom is 0.151 e. The minimum absolute atomic E-state index is 0.257. The van der Waals surface area contributed by atoms with Crippen LogP contribution in [0.2, 0.25) is 0 Å². The van der Waals surface area contributed by atoms with Gasteiger partial charge in [0.15, 0.2) is 5.82 Å². The Morgan fingerprint density at radius 3 is 2.43 bits per heavy atom. The van der Waals surface area contributed by atoms with E-state index >= 15 is 0 Å². The molecule has 0 fully saturated rings. The Hall–Kier alpha value is -2.76. The minimum Gasteiger partial charge on any atom is -0.351 e. The van der Waals surface area contributed by atoms with Crippen LogP contribution >= 0.6 is 0 Å². The lowest BCUT2D eigenvalue weighted by Gasteiger charge is -2.20. The van der Waals surface area contributed by atoms with Crippen molar-refractivity contribution in [2.45, 2.75) is 13.5 Å². The molecule has 0 radical (unpaired) electrons. The summed E-state index contributed by atoms with van der Waals surface area (Å²) in [5.41, 5.74) is 2.70. The summed E-state index contributed by atoms with van der Waals surface area (Å²) in [5.74, 6) is 0.550. The van der Waals surface area contributed by atoms with Crippen molar-refractivity contribution in [2.24, 2.45) is 7.05 Å². The topological polar surface area (TPSA) is 46.8 Å². The van der Waals surface area contributed by atoms with Crippen molar-refractivity contribution >= 4 is 5.82 Å². The van der Waals surface area contributed by atoms with Crippen molar-refractivity contribution in [3.05, 3.63) is 60.2 Å². The first-order valence-corrected chi connectivity index (χ1v) is 7.48. The van der Waals surface area contributed by atoms with E-state index in [1.54, 1.807) is 16.8 Å². The monoisotopic (exact) mass is 311 g/mol. The number of halogens is 1. The van der Waals surface area contributed by atoms with Crippen LogP contribution in [0.3, 0.4) is 0 Å². The molecule has 0 aliphatic rings. The van der Waals surface area contributed by atoms with Crippen LogP contribution < -0.4 is 4.90 Å². The molecule has 0 aliphatic heterocycles. The average Bonchev–Trinajstić information content (AvgIpc) is 2.99. The Bertz CT molecular complexity index is 764. The average molecular weight is 311 g/mol. The van der Waals surface area contributed by atoms with E-state index in [2.05, 4.69) is 27.1 Å². The van der Waals surface area contributed by atoms with Gasteiger partial charge in [-0.15, -0.1) is 10.2 Å². The Labute approximate surface area is 134 Å². The molecule has 0 amide bonds. The van der Waals surface area contributed by atoms with Crippen molar-refractivity contribution in [3.63, 3.8) is 0 Å². The van der Waals surface area contributed by atoms with Crippen molar-refractivity contribution in [3.8, 4) is 11.3 Å². The summed E-state index contributed by atoms with van der Waals surface area (Å²) in [6, 6.07) is 10.1. The highest BCUT2D eigenvalue weighted by Crippen LogP contribution is 2.19. The maximum absolute atomic E-state index is 13.0. The summed E-state index contributed by atoms with van der Waals surface area (Å²) in [6.07, 6.45) is 3.84. The van der Waals surface area contributed by atoms with Gasteiger partial charge in [0.25, 0.3) is 0 Å². The number of hydrogen-bond donors (Lipinski definition) is 0. The third-order valence-electron chi connectivity index (χ3n) is 3.63. The predicted octanol–water partition coefficient (Wildman–Crippen LogP) is 3.04. The maximum atomic E-state index is 13.0. The summed E-state index contributed by atoms with van der Waals surface area (Å²) in [6.45, 7) is 3.63. The van der Waals surface area contributed by atoms with Crippen LogP contribution in [0.15, 0.2) is 48.8 Å². The zero-order valence-corrected chi connectivity index (χ0v) is 13.1. The van der Waals surface area contributed by atoms with E-state index in [-0.39, 0.29) is 5.82 Å². The summed E-state index contributed by atoms with van der Waals surface area (Å²) in [4.78, 5) is 2.12. The highest BCUT2D eigenvalue weighted by atomic mass is 19.1. The van der Waals surface area contributed by atoms with Gasteiger partial charge in [0.1, 0.15) is 5.82 Å². The van der Waals surface area contributed by atoms with E-state index in [4.69, 9.17) is 0 Å². The Balaban J connectivity index is 1.78. The van der Waals surface area contributed by atoms with E-state index in [1.165, 1.54) is 12.1 Å². The van der Waals surface area contributed by atoms with Crippen LogP contribution in [0.4, 0.5) is 10.2 Å². The van der Waals surface area contributed by atoms with E-state index < -0.39 is 0 Å². The van der Waals surface area contributed by atoms with Crippen molar-refractivity contribution < 1.29 is 4.39 Å². The summed E-state index contributed by atoms with van der Waals surface area (Å²) >= 11 is 0. The molecule has 2 heterocycles. The van der Waals surface area contributed by atoms with Crippen molar-refractivity contribution in [2.75, 3.05) is 11.4 Å². The van der Waals surface area contributed by atoms with Crippen molar-refractivity contribution in [1.82, 2.24) is 20.0 Å². The Kier molecular flexibility index (Phi) is 4.32. The molecule has 0 N–H and O–H groups in total. The number of rotatable bonds is 5. The van der Waals surface area contributed by atoms with Gasteiger partial charge in [-0.05, 0) is 43.3 Å². The van der Waals surface area contributed by atoms with Crippen LogP contribution in [0.25, 0.3) is 11.3 Å². The molecular weight excluding hydrogens is 293 g/mol. The molecule has 2 aromatic heterocycles. The lowest BCUT2D eigenvalue weighted by Crippen LogP contribution is -2.23. The normalized spacial score (nSPS) is 10.7. The second-order valence-corrected chi connectivity index (χ2v) is 5.32. The largest absolute Gasteiger partial charge is 0.351 e. The molecule has 1 aromatic carbocycles. The van der Waals surface area contributed by atoms with Gasteiger partial charge in [0.2, 0.25) is 0 Å². The molecular formula is C17H18FN5. The summed E-state index contributed by atoms with van der Waals surface area (Å²) in [5, 5.41) is 12.7. The van der Waals surface area contributed by atoms with Crippen LogP contribution in [0, 0.1) is 5.82 Å². The van der Waals surface area contributed by atoms with Crippen LogP contribution in [0.1, 0.15) is 12.5 Å². The zero-order chi connectivity index (χ0) is 16.2. The molecule has 3 aromatic rings. The first-order chi connectivity index (χ1) is 11.2. The number of anilines is 1. The number of benzene rings is 1. The molecule has 5 nitrogen and oxygen atoms in total. The van der Waals surface area contributed by atoms with Gasteiger partial charge in [0, 0.05) is 37.5 Å². The first-order valence-electron chi connectivity index (χ1n) is 7.48. The molecule has 118 valence electrons. The van der Waals surface area contributed by atoms with Gasteiger partial charge < -0.3 is 4.90 Å². The van der Waals surface area contributed by atoms with Gasteiger partial charge in [-0.25, -0.2) is 4.39 Å². The van der Waals surface area contributed by atoms with Gasteiger partial charge in [-0.2, -0.15) is 5.10 Å². The number of aryl methyl sites for hydroxylation is 1. The minimum atomic E-state index is -0.257. The van der Waals surface area contributed by atoms with E-state index in [0.717, 1.165) is 35.7 Å². The van der Waals surface area contributed by atoms with Crippen LogP contribution in [-0.2, 0) is 13.6 Å². The molecule has 0 aliphatic carbocycles. The quantitative estimate of drug-likeness (QED) is 0.726. The van der Waals surface area contributed by atoms with E-state index in [0.29, 0.717) is 0 Å². The van der Waals surface area contributed by atoms with Gasteiger partial charge in [0.05, 0.1) is 11.9 Å². The lowest BCUT2D eigenvalue weighted by atomic mass is 10.1. The second-order valence-electron chi connectivity index (χ2n) is 5.32. The first kappa shape index (κ1) is 15.1. The SMILES string of the molecule is CCN(Cc1cnn(C)c1)c1ccc(-c2ccc(F)cc2)nn1. The smallest absolute Gasteiger partial charge is 0.151 e. The molecule has 0 spiro atoms. The third-order valence-corrected chi connectivity index (χ3v) is 3.63. The summed E-state index contributed by atoms with van der Waals surface area (Å²) < 4.78 is 14.8. The molecule has 0 saturated heterocycles. The predicted molar refractivity (Wildman–Crippen MR) is 87.4 cm³/mol. The van der Waals surface area contributed by atoms with E-state index in [1.807, 2.05) is 31.6 Å². The fourth-order valence-electron chi connectivity index (χ4n) is 2.40. The Morgan fingerprint density at radius 1 is 1.09 bits per heavy atom. The zero-order valence-electron chi connectivity index (χ0n) is 13.1. The van der Waals surface area contributed by atoms with E-state index in [9.17, 15) is 4.39 Å². The molecule has 0 bridgehead atoms.